The second kappa shape index (κ2) is 6.25. The summed E-state index contributed by atoms with van der Waals surface area (Å²) >= 11 is 0. The van der Waals surface area contributed by atoms with Crippen molar-refractivity contribution >= 4 is 0 Å². The fourth-order valence-electron chi connectivity index (χ4n) is 3.04. The number of aromatic nitrogens is 3. The predicted octanol–water partition coefficient (Wildman–Crippen LogP) is 3.21. The van der Waals surface area contributed by atoms with Crippen LogP contribution >= 0.6 is 0 Å². The number of halogens is 2. The van der Waals surface area contributed by atoms with Crippen LogP contribution in [0.15, 0.2) is 36.4 Å². The summed E-state index contributed by atoms with van der Waals surface area (Å²) < 4.78 is 34.6. The molecule has 25 heavy (non-hydrogen) atoms. The molecule has 128 valence electrons. The average molecular weight is 342 g/mol. The molecule has 1 aliphatic heterocycles. The van der Waals surface area contributed by atoms with E-state index in [1.807, 2.05) is 31.2 Å². The van der Waals surface area contributed by atoms with Crippen molar-refractivity contribution in [3.63, 3.8) is 0 Å². The van der Waals surface area contributed by atoms with Crippen LogP contribution in [-0.2, 0) is 13.1 Å². The van der Waals surface area contributed by atoms with E-state index in [0.29, 0.717) is 42.4 Å². The molecule has 0 atom stereocenters. The van der Waals surface area contributed by atoms with E-state index in [-0.39, 0.29) is 0 Å². The predicted molar refractivity (Wildman–Crippen MR) is 88.4 cm³/mol. The molecule has 0 saturated heterocycles. The van der Waals surface area contributed by atoms with Crippen LogP contribution in [0.1, 0.15) is 18.2 Å². The van der Waals surface area contributed by atoms with Gasteiger partial charge in [0.2, 0.25) is 0 Å². The van der Waals surface area contributed by atoms with Gasteiger partial charge >= 0.3 is 0 Å². The van der Waals surface area contributed by atoms with Gasteiger partial charge in [-0.15, -0.1) is 5.10 Å². The van der Waals surface area contributed by atoms with E-state index < -0.39 is 11.6 Å². The fourth-order valence-corrected chi connectivity index (χ4v) is 3.04. The molecule has 3 aromatic rings. The van der Waals surface area contributed by atoms with Gasteiger partial charge < -0.3 is 10.1 Å². The lowest BCUT2D eigenvalue weighted by atomic mass is 10.1. The maximum Gasteiger partial charge on any atom is 0.160 e. The molecular formula is C18H16F2N4O. The van der Waals surface area contributed by atoms with Crippen LogP contribution in [0.4, 0.5) is 8.78 Å². The Morgan fingerprint density at radius 2 is 1.96 bits per heavy atom. The van der Waals surface area contributed by atoms with Crippen molar-refractivity contribution in [2.45, 2.75) is 20.0 Å². The lowest BCUT2D eigenvalue weighted by Crippen LogP contribution is -2.11. The van der Waals surface area contributed by atoms with Crippen molar-refractivity contribution in [3.8, 4) is 22.7 Å². The van der Waals surface area contributed by atoms with Crippen LogP contribution in [0.2, 0.25) is 0 Å². The largest absolute Gasteiger partial charge is 0.493 e. The molecule has 0 amide bonds. The maximum absolute atomic E-state index is 13.8. The first-order chi connectivity index (χ1) is 12.2. The van der Waals surface area contributed by atoms with E-state index in [1.54, 1.807) is 4.68 Å². The lowest BCUT2D eigenvalue weighted by molar-refractivity contribution is 0.341. The Hall–Kier alpha value is -2.80. The summed E-state index contributed by atoms with van der Waals surface area (Å²) in [4.78, 5) is 0. The Morgan fingerprint density at radius 3 is 2.80 bits per heavy atom. The highest BCUT2D eigenvalue weighted by atomic mass is 19.2. The van der Waals surface area contributed by atoms with Crippen molar-refractivity contribution in [2.75, 3.05) is 6.61 Å². The normalized spacial score (nSPS) is 13.1. The molecule has 7 heteroatoms. The summed E-state index contributed by atoms with van der Waals surface area (Å²) in [7, 11) is 0. The zero-order valence-electron chi connectivity index (χ0n) is 13.6. The number of benzene rings is 2. The molecule has 2 heterocycles. The number of ether oxygens (including phenoxy) is 1. The first-order valence-electron chi connectivity index (χ1n) is 8.04. The standard InChI is InChI=1S/C18H16F2N4O/c1-2-25-17-6-4-3-5-12(17)18-16-10-21-9-11-7-13(19)14(20)8-15(11)24(16)23-22-18/h3-8,21H,2,9-10H2,1H3. The second-order valence-corrected chi connectivity index (χ2v) is 5.72. The monoisotopic (exact) mass is 342 g/mol. The Bertz CT molecular complexity index is 939. The fraction of sp³-hybridized carbons (Fsp3) is 0.222. The Balaban J connectivity index is 1.89. The van der Waals surface area contributed by atoms with Crippen molar-refractivity contribution in [1.82, 2.24) is 20.3 Å². The number of hydrogen-bond donors (Lipinski definition) is 1. The summed E-state index contributed by atoms with van der Waals surface area (Å²) in [5, 5.41) is 11.7. The SMILES string of the molecule is CCOc1ccccc1-c1nnn2c1CNCc1cc(F)c(F)cc1-2. The molecule has 1 N–H and O–H groups in total. The molecule has 0 unspecified atom stereocenters. The molecule has 1 aromatic heterocycles. The van der Waals surface area contributed by atoms with Crippen LogP contribution in [0.3, 0.4) is 0 Å². The highest BCUT2D eigenvalue weighted by Gasteiger charge is 2.23. The van der Waals surface area contributed by atoms with Crippen LogP contribution in [0, 0.1) is 11.6 Å². The third kappa shape index (κ3) is 2.66. The highest BCUT2D eigenvalue weighted by molar-refractivity contribution is 5.69. The van der Waals surface area contributed by atoms with Crippen molar-refractivity contribution < 1.29 is 13.5 Å². The lowest BCUT2D eigenvalue weighted by Gasteiger charge is -2.10. The van der Waals surface area contributed by atoms with Crippen LogP contribution in [0.5, 0.6) is 5.75 Å². The first kappa shape index (κ1) is 15.7. The van der Waals surface area contributed by atoms with Gasteiger partial charge in [-0.25, -0.2) is 13.5 Å². The zero-order chi connectivity index (χ0) is 17.4. The van der Waals surface area contributed by atoms with E-state index in [9.17, 15) is 8.78 Å². The molecule has 0 bridgehead atoms. The Kier molecular flexibility index (Phi) is 3.93. The van der Waals surface area contributed by atoms with Gasteiger partial charge in [0.15, 0.2) is 11.6 Å². The summed E-state index contributed by atoms with van der Waals surface area (Å²) in [5.41, 5.74) is 3.38. The van der Waals surface area contributed by atoms with E-state index >= 15 is 0 Å². The number of nitrogens with zero attached hydrogens (tertiary/aromatic N) is 3. The van der Waals surface area contributed by atoms with E-state index in [0.717, 1.165) is 17.3 Å². The third-order valence-electron chi connectivity index (χ3n) is 4.16. The number of fused-ring (bicyclic) bond motifs is 3. The van der Waals surface area contributed by atoms with Crippen molar-refractivity contribution in [2.24, 2.45) is 0 Å². The van der Waals surface area contributed by atoms with Gasteiger partial charge in [-0.1, -0.05) is 17.3 Å². The van der Waals surface area contributed by atoms with Crippen LogP contribution in [-0.4, -0.2) is 21.6 Å². The summed E-state index contributed by atoms with van der Waals surface area (Å²) in [6, 6.07) is 9.93. The highest BCUT2D eigenvalue weighted by Crippen LogP contribution is 2.33. The second-order valence-electron chi connectivity index (χ2n) is 5.72. The summed E-state index contributed by atoms with van der Waals surface area (Å²) in [6.07, 6.45) is 0. The molecular weight excluding hydrogens is 326 g/mol. The summed E-state index contributed by atoms with van der Waals surface area (Å²) in [6.45, 7) is 3.34. The van der Waals surface area contributed by atoms with Crippen LogP contribution < -0.4 is 10.1 Å². The number of para-hydroxylation sites is 1. The van der Waals surface area contributed by atoms with Gasteiger partial charge in [0.25, 0.3) is 0 Å². The van der Waals surface area contributed by atoms with Gasteiger partial charge in [-0.05, 0) is 30.7 Å². The average Bonchev–Trinajstić information content (AvgIpc) is 2.94. The Morgan fingerprint density at radius 1 is 1.16 bits per heavy atom. The van der Waals surface area contributed by atoms with Gasteiger partial charge in [0.05, 0.1) is 18.0 Å². The van der Waals surface area contributed by atoms with Gasteiger partial charge in [-0.2, -0.15) is 0 Å². The molecule has 0 saturated carbocycles. The third-order valence-corrected chi connectivity index (χ3v) is 4.16. The summed E-state index contributed by atoms with van der Waals surface area (Å²) in [5.74, 6) is -1.06. The van der Waals surface area contributed by atoms with Gasteiger partial charge in [0, 0.05) is 24.7 Å². The molecule has 1 aliphatic rings. The molecule has 0 aliphatic carbocycles. The quantitative estimate of drug-likeness (QED) is 0.794. The van der Waals surface area contributed by atoms with Crippen LogP contribution in [0.25, 0.3) is 16.9 Å². The smallest absolute Gasteiger partial charge is 0.160 e. The number of nitrogens with one attached hydrogen (secondary N) is 1. The van der Waals surface area contributed by atoms with Gasteiger partial charge in [0.1, 0.15) is 11.4 Å². The number of hydrogen-bond acceptors (Lipinski definition) is 4. The molecule has 0 fully saturated rings. The van der Waals surface area contributed by atoms with E-state index in [4.69, 9.17) is 4.74 Å². The molecule has 2 aromatic carbocycles. The first-order valence-corrected chi connectivity index (χ1v) is 8.04. The minimum Gasteiger partial charge on any atom is -0.493 e. The minimum absolute atomic E-state index is 0.419. The van der Waals surface area contributed by atoms with Gasteiger partial charge in [-0.3, -0.25) is 0 Å². The molecule has 5 nitrogen and oxygen atoms in total. The van der Waals surface area contributed by atoms with Crippen molar-refractivity contribution in [3.05, 3.63) is 59.3 Å². The Labute approximate surface area is 143 Å². The van der Waals surface area contributed by atoms with E-state index in [1.165, 1.54) is 6.07 Å². The molecule has 4 rings (SSSR count). The molecule has 0 spiro atoms. The number of rotatable bonds is 3. The van der Waals surface area contributed by atoms with Crippen molar-refractivity contribution in [1.29, 1.82) is 0 Å². The maximum atomic E-state index is 13.8. The minimum atomic E-state index is -0.904. The zero-order valence-corrected chi connectivity index (χ0v) is 13.6. The topological polar surface area (TPSA) is 52.0 Å². The van der Waals surface area contributed by atoms with E-state index in [2.05, 4.69) is 15.6 Å². The molecule has 0 radical (unpaired) electrons.